The summed E-state index contributed by atoms with van der Waals surface area (Å²) < 4.78 is 2.44. The molecule has 3 atom stereocenters. The average molecular weight is 403 g/mol. The molecule has 3 aromatic rings. The summed E-state index contributed by atoms with van der Waals surface area (Å²) in [6, 6.07) is 19.5. The van der Waals surface area contributed by atoms with Crippen molar-refractivity contribution in [2.75, 3.05) is 6.54 Å². The average Bonchev–Trinajstić information content (AvgIpc) is 3.35. The summed E-state index contributed by atoms with van der Waals surface area (Å²) in [6.07, 6.45) is 1.88. The van der Waals surface area contributed by atoms with E-state index in [1.54, 1.807) is 0 Å². The molecule has 2 aliphatic rings. The van der Waals surface area contributed by atoms with E-state index in [0.29, 0.717) is 5.25 Å². The molecule has 1 saturated heterocycles. The van der Waals surface area contributed by atoms with E-state index < -0.39 is 0 Å². The van der Waals surface area contributed by atoms with E-state index >= 15 is 0 Å². The van der Waals surface area contributed by atoms with Crippen molar-refractivity contribution >= 4 is 16.9 Å². The molecule has 1 fully saturated rings. The normalized spacial score (nSPS) is 23.3. The molecule has 2 aliphatic heterocycles. The Morgan fingerprint density at radius 2 is 1.86 bits per heavy atom. The molecule has 29 heavy (non-hydrogen) atoms. The number of aliphatic imine (C=N–C) groups is 1. The van der Waals surface area contributed by atoms with Crippen molar-refractivity contribution in [2.45, 2.75) is 44.6 Å². The van der Waals surface area contributed by atoms with Crippen molar-refractivity contribution in [1.82, 2.24) is 14.5 Å². The predicted octanol–water partition coefficient (Wildman–Crippen LogP) is 5.14. The van der Waals surface area contributed by atoms with Crippen molar-refractivity contribution in [3.8, 4) is 0 Å². The Hall–Kier alpha value is -2.53. The SMILES string of the molecule is Cc1cc([C@H]2[C@@H](c3ccccn3)N=C3S[C@@H](C)CN32)c(C)n1Cc1ccccc1. The van der Waals surface area contributed by atoms with Gasteiger partial charge in [0, 0.05) is 35.9 Å². The number of benzene rings is 1. The fourth-order valence-electron chi connectivity index (χ4n) is 4.59. The molecule has 0 N–H and O–H groups in total. The quantitative estimate of drug-likeness (QED) is 0.606. The van der Waals surface area contributed by atoms with Gasteiger partial charge in [-0.05, 0) is 43.2 Å². The Labute approximate surface area is 176 Å². The maximum absolute atomic E-state index is 5.13. The number of hydrogen-bond donors (Lipinski definition) is 0. The predicted molar refractivity (Wildman–Crippen MR) is 120 cm³/mol. The third kappa shape index (κ3) is 3.27. The monoisotopic (exact) mass is 402 g/mol. The van der Waals surface area contributed by atoms with Crippen LogP contribution in [0.5, 0.6) is 0 Å². The van der Waals surface area contributed by atoms with E-state index in [2.05, 4.69) is 83.8 Å². The van der Waals surface area contributed by atoms with Crippen LogP contribution in [-0.4, -0.2) is 31.4 Å². The molecule has 0 bridgehead atoms. The van der Waals surface area contributed by atoms with Crippen molar-refractivity contribution in [3.05, 3.63) is 89.0 Å². The van der Waals surface area contributed by atoms with Gasteiger partial charge in [-0.3, -0.25) is 9.98 Å². The molecular weight excluding hydrogens is 376 g/mol. The molecule has 0 amide bonds. The molecule has 2 aromatic heterocycles. The number of nitrogens with zero attached hydrogens (tertiary/aromatic N) is 4. The molecule has 148 valence electrons. The summed E-state index contributed by atoms with van der Waals surface area (Å²) in [4.78, 5) is 12.3. The molecule has 0 spiro atoms. The van der Waals surface area contributed by atoms with E-state index in [1.807, 2.05) is 24.0 Å². The third-order valence-corrected chi connectivity index (χ3v) is 7.10. The van der Waals surface area contributed by atoms with Crippen LogP contribution in [0.25, 0.3) is 0 Å². The topological polar surface area (TPSA) is 33.4 Å². The van der Waals surface area contributed by atoms with Gasteiger partial charge in [0.05, 0.1) is 11.7 Å². The fourth-order valence-corrected chi connectivity index (χ4v) is 5.68. The van der Waals surface area contributed by atoms with Crippen LogP contribution in [0.15, 0.2) is 65.8 Å². The fraction of sp³-hybridized carbons (Fsp3) is 0.333. The van der Waals surface area contributed by atoms with Crippen LogP contribution in [0.3, 0.4) is 0 Å². The summed E-state index contributed by atoms with van der Waals surface area (Å²) in [5, 5.41) is 1.75. The molecule has 1 aromatic carbocycles. The Morgan fingerprint density at radius 1 is 1.07 bits per heavy atom. The lowest BCUT2D eigenvalue weighted by molar-refractivity contribution is 0.320. The summed E-state index contributed by atoms with van der Waals surface area (Å²) in [7, 11) is 0. The lowest BCUT2D eigenvalue weighted by atomic mass is 9.96. The van der Waals surface area contributed by atoms with Crippen LogP contribution in [0.4, 0.5) is 0 Å². The Morgan fingerprint density at radius 3 is 2.62 bits per heavy atom. The van der Waals surface area contributed by atoms with Gasteiger partial charge in [0.15, 0.2) is 5.17 Å². The minimum atomic E-state index is 0.0527. The maximum Gasteiger partial charge on any atom is 0.160 e. The Kier molecular flexibility index (Phi) is 4.70. The minimum Gasteiger partial charge on any atom is -0.344 e. The van der Waals surface area contributed by atoms with Crippen molar-refractivity contribution in [1.29, 1.82) is 0 Å². The zero-order valence-electron chi connectivity index (χ0n) is 17.1. The first-order valence-electron chi connectivity index (χ1n) is 10.2. The largest absolute Gasteiger partial charge is 0.344 e. The van der Waals surface area contributed by atoms with Crippen LogP contribution in [-0.2, 0) is 6.54 Å². The van der Waals surface area contributed by atoms with E-state index in [9.17, 15) is 0 Å². The first-order chi connectivity index (χ1) is 14.1. The van der Waals surface area contributed by atoms with E-state index in [1.165, 1.54) is 27.7 Å². The molecule has 5 heteroatoms. The number of hydrogen-bond acceptors (Lipinski definition) is 4. The van der Waals surface area contributed by atoms with Crippen molar-refractivity contribution in [2.24, 2.45) is 4.99 Å². The van der Waals surface area contributed by atoms with E-state index in [0.717, 1.165) is 18.8 Å². The number of aryl methyl sites for hydroxylation is 1. The lowest BCUT2D eigenvalue weighted by Crippen LogP contribution is -2.29. The molecule has 4 heterocycles. The zero-order valence-corrected chi connectivity index (χ0v) is 17.9. The second-order valence-electron chi connectivity index (χ2n) is 8.03. The molecule has 4 nitrogen and oxygen atoms in total. The van der Waals surface area contributed by atoms with Crippen LogP contribution in [0.1, 0.15) is 47.2 Å². The van der Waals surface area contributed by atoms with Gasteiger partial charge < -0.3 is 9.47 Å². The molecule has 5 rings (SSSR count). The first-order valence-corrected chi connectivity index (χ1v) is 11.1. The highest BCUT2D eigenvalue weighted by molar-refractivity contribution is 8.14. The van der Waals surface area contributed by atoms with Crippen LogP contribution >= 0.6 is 11.8 Å². The van der Waals surface area contributed by atoms with Gasteiger partial charge in [0.2, 0.25) is 0 Å². The van der Waals surface area contributed by atoms with Crippen molar-refractivity contribution in [3.63, 3.8) is 0 Å². The number of aromatic nitrogens is 2. The summed E-state index contributed by atoms with van der Waals surface area (Å²) in [5.74, 6) is 0. The standard InChI is InChI=1S/C24H26N4S/c1-16-13-20(18(3)27(16)15-19-9-5-4-6-10-19)23-22(21-11-7-8-12-25-21)26-24-28(23)14-17(2)29-24/h4-13,17,22-23H,14-15H2,1-3H3/t17-,22+,23-/m0/s1. The van der Waals surface area contributed by atoms with Gasteiger partial charge in [-0.15, -0.1) is 0 Å². The number of amidine groups is 1. The molecule has 0 unspecified atom stereocenters. The highest BCUT2D eigenvalue weighted by Crippen LogP contribution is 2.48. The smallest absolute Gasteiger partial charge is 0.160 e. The summed E-state index contributed by atoms with van der Waals surface area (Å²) in [6.45, 7) is 8.70. The third-order valence-electron chi connectivity index (χ3n) is 6.00. The maximum atomic E-state index is 5.13. The summed E-state index contributed by atoms with van der Waals surface area (Å²) >= 11 is 1.89. The zero-order chi connectivity index (χ0) is 20.0. The van der Waals surface area contributed by atoms with Crippen LogP contribution in [0.2, 0.25) is 0 Å². The molecule has 0 aliphatic carbocycles. The highest BCUT2D eigenvalue weighted by atomic mass is 32.2. The second-order valence-corrected chi connectivity index (χ2v) is 9.44. The summed E-state index contributed by atoms with van der Waals surface area (Å²) in [5.41, 5.74) is 6.40. The molecule has 0 saturated carbocycles. The van der Waals surface area contributed by atoms with Crippen molar-refractivity contribution < 1.29 is 0 Å². The number of pyridine rings is 1. The van der Waals surface area contributed by atoms with Gasteiger partial charge >= 0.3 is 0 Å². The molecule has 0 radical (unpaired) electrons. The number of thioether (sulfide) groups is 1. The van der Waals surface area contributed by atoms with E-state index in [4.69, 9.17) is 4.99 Å². The number of fused-ring (bicyclic) bond motifs is 1. The van der Waals surface area contributed by atoms with Gasteiger partial charge in [-0.25, -0.2) is 0 Å². The Bertz CT molecular complexity index is 1040. The van der Waals surface area contributed by atoms with Crippen LogP contribution in [0, 0.1) is 13.8 Å². The van der Waals surface area contributed by atoms with Gasteiger partial charge in [0.1, 0.15) is 6.04 Å². The Balaban J connectivity index is 1.55. The molecular formula is C24H26N4S. The van der Waals surface area contributed by atoms with E-state index in [-0.39, 0.29) is 12.1 Å². The van der Waals surface area contributed by atoms with Gasteiger partial charge in [-0.1, -0.05) is 55.1 Å². The van der Waals surface area contributed by atoms with Crippen LogP contribution < -0.4 is 0 Å². The highest BCUT2D eigenvalue weighted by Gasteiger charge is 2.44. The first kappa shape index (κ1) is 18.5. The lowest BCUT2D eigenvalue weighted by Gasteiger charge is -2.27. The minimum absolute atomic E-state index is 0.0527. The van der Waals surface area contributed by atoms with Gasteiger partial charge in [-0.2, -0.15) is 0 Å². The van der Waals surface area contributed by atoms with Gasteiger partial charge in [0.25, 0.3) is 0 Å². The second kappa shape index (κ2) is 7.38. The number of rotatable bonds is 4.